The molecule has 3 aromatic heterocycles. The first-order valence-electron chi connectivity index (χ1n) is 10.1. The molecule has 5 rings (SSSR count). The van der Waals surface area contributed by atoms with Crippen LogP contribution in [0.3, 0.4) is 0 Å². The Morgan fingerprint density at radius 3 is 2.57 bits per heavy atom. The summed E-state index contributed by atoms with van der Waals surface area (Å²) in [5.74, 6) is 1.57. The van der Waals surface area contributed by atoms with E-state index >= 15 is 0 Å². The Bertz CT molecular complexity index is 1220. The monoisotopic (exact) mass is 400 g/mol. The predicted octanol–water partition coefficient (Wildman–Crippen LogP) is 4.11. The van der Waals surface area contributed by atoms with E-state index in [-0.39, 0.29) is 5.92 Å². The van der Waals surface area contributed by atoms with Crippen LogP contribution in [-0.4, -0.2) is 31.6 Å². The highest BCUT2D eigenvalue weighted by Gasteiger charge is 2.31. The molecule has 0 bridgehead atoms. The van der Waals surface area contributed by atoms with E-state index in [1.807, 2.05) is 24.3 Å². The molecule has 0 saturated carbocycles. The number of pyridine rings is 1. The molecule has 1 aliphatic carbocycles. The minimum atomic E-state index is -1.06. The zero-order valence-electron chi connectivity index (χ0n) is 17.3. The van der Waals surface area contributed by atoms with Crippen molar-refractivity contribution in [1.82, 2.24) is 19.4 Å². The topological polar surface area (TPSA) is 72.5 Å². The van der Waals surface area contributed by atoms with Crippen molar-refractivity contribution in [2.45, 2.75) is 38.2 Å². The summed E-state index contributed by atoms with van der Waals surface area (Å²) in [5, 5.41) is 10.1. The number of rotatable bonds is 4. The first-order valence-corrected chi connectivity index (χ1v) is 10.1. The molecule has 0 spiro atoms. The third-order valence-electron chi connectivity index (χ3n) is 5.78. The Kier molecular flexibility index (Phi) is 4.33. The van der Waals surface area contributed by atoms with Crippen molar-refractivity contribution in [2.24, 2.45) is 0 Å². The molecule has 0 aliphatic heterocycles. The van der Waals surface area contributed by atoms with Gasteiger partial charge in [0.25, 0.3) is 0 Å². The number of benzene rings is 1. The van der Waals surface area contributed by atoms with Crippen LogP contribution in [-0.2, 0) is 12.0 Å². The van der Waals surface area contributed by atoms with Gasteiger partial charge in [0.1, 0.15) is 17.0 Å². The second-order valence-corrected chi connectivity index (χ2v) is 8.28. The molecule has 1 atom stereocenters. The number of aromatic nitrogens is 4. The van der Waals surface area contributed by atoms with Gasteiger partial charge < -0.3 is 14.2 Å². The molecule has 1 N–H and O–H groups in total. The van der Waals surface area contributed by atoms with E-state index in [9.17, 15) is 5.11 Å². The SMILES string of the molecule is COc1ccccc1[C@H]1CCc2nc3ccc(-c4cnc(C(C)(C)O)nc4)cn3c21. The third-order valence-corrected chi connectivity index (χ3v) is 5.78. The van der Waals surface area contributed by atoms with Gasteiger partial charge in [-0.2, -0.15) is 0 Å². The van der Waals surface area contributed by atoms with Crippen LogP contribution in [0.4, 0.5) is 0 Å². The van der Waals surface area contributed by atoms with Crippen LogP contribution < -0.4 is 4.74 Å². The van der Waals surface area contributed by atoms with Crippen LogP contribution in [0.25, 0.3) is 16.8 Å². The third kappa shape index (κ3) is 3.04. The van der Waals surface area contributed by atoms with Crippen molar-refractivity contribution in [2.75, 3.05) is 7.11 Å². The molecule has 0 fully saturated rings. The zero-order valence-corrected chi connectivity index (χ0v) is 17.3. The fourth-order valence-corrected chi connectivity index (χ4v) is 4.30. The summed E-state index contributed by atoms with van der Waals surface area (Å²) in [4.78, 5) is 13.6. The Morgan fingerprint density at radius 1 is 1.07 bits per heavy atom. The number of methoxy groups -OCH3 is 1. The summed E-state index contributed by atoms with van der Waals surface area (Å²) < 4.78 is 7.82. The average Bonchev–Trinajstić information content (AvgIpc) is 3.32. The Hall–Kier alpha value is -3.25. The van der Waals surface area contributed by atoms with Crippen LogP contribution in [0.5, 0.6) is 5.75 Å². The van der Waals surface area contributed by atoms with E-state index in [2.05, 4.69) is 32.7 Å². The van der Waals surface area contributed by atoms with Gasteiger partial charge >= 0.3 is 0 Å². The predicted molar refractivity (Wildman–Crippen MR) is 115 cm³/mol. The van der Waals surface area contributed by atoms with E-state index in [0.717, 1.165) is 41.1 Å². The van der Waals surface area contributed by atoms with Gasteiger partial charge in [-0.1, -0.05) is 18.2 Å². The van der Waals surface area contributed by atoms with Crippen molar-refractivity contribution < 1.29 is 9.84 Å². The maximum Gasteiger partial charge on any atom is 0.159 e. The number of ether oxygens (including phenoxy) is 1. The van der Waals surface area contributed by atoms with Gasteiger partial charge in [0.2, 0.25) is 0 Å². The molecule has 1 aromatic carbocycles. The molecule has 1 aliphatic rings. The van der Waals surface area contributed by atoms with E-state index in [1.54, 1.807) is 33.4 Å². The normalized spacial score (nSPS) is 16.1. The van der Waals surface area contributed by atoms with Crippen molar-refractivity contribution in [3.8, 4) is 16.9 Å². The van der Waals surface area contributed by atoms with Crippen LogP contribution in [0.15, 0.2) is 55.0 Å². The van der Waals surface area contributed by atoms with Crippen LogP contribution in [0.2, 0.25) is 0 Å². The zero-order chi connectivity index (χ0) is 20.9. The van der Waals surface area contributed by atoms with Crippen LogP contribution in [0, 0.1) is 0 Å². The molecule has 4 aromatic rings. The second-order valence-electron chi connectivity index (χ2n) is 8.28. The van der Waals surface area contributed by atoms with Crippen molar-refractivity contribution in [1.29, 1.82) is 0 Å². The van der Waals surface area contributed by atoms with Gasteiger partial charge in [0.15, 0.2) is 5.82 Å². The number of fused-ring (bicyclic) bond motifs is 3. The number of aryl methyl sites for hydroxylation is 1. The number of hydrogen-bond donors (Lipinski definition) is 1. The van der Waals surface area contributed by atoms with Gasteiger partial charge in [-0.15, -0.1) is 0 Å². The molecule has 3 heterocycles. The molecule has 6 nitrogen and oxygen atoms in total. The lowest BCUT2D eigenvalue weighted by atomic mass is 9.95. The minimum absolute atomic E-state index is 0.246. The van der Waals surface area contributed by atoms with E-state index < -0.39 is 5.60 Å². The Labute approximate surface area is 175 Å². The highest BCUT2D eigenvalue weighted by atomic mass is 16.5. The number of imidazole rings is 1. The summed E-state index contributed by atoms with van der Waals surface area (Å²) >= 11 is 0. The molecule has 0 amide bonds. The molecule has 6 heteroatoms. The maximum atomic E-state index is 10.1. The van der Waals surface area contributed by atoms with Gasteiger partial charge in [-0.3, -0.25) is 0 Å². The largest absolute Gasteiger partial charge is 0.496 e. The van der Waals surface area contributed by atoms with Gasteiger partial charge in [-0.05, 0) is 44.9 Å². The van der Waals surface area contributed by atoms with Gasteiger partial charge in [-0.25, -0.2) is 15.0 Å². The van der Waals surface area contributed by atoms with Crippen LogP contribution in [0.1, 0.15) is 49.0 Å². The minimum Gasteiger partial charge on any atom is -0.496 e. The smallest absolute Gasteiger partial charge is 0.159 e. The molecule has 0 unspecified atom stereocenters. The number of para-hydroxylation sites is 1. The van der Waals surface area contributed by atoms with Crippen LogP contribution >= 0.6 is 0 Å². The van der Waals surface area contributed by atoms with E-state index in [1.165, 1.54) is 11.3 Å². The summed E-state index contributed by atoms with van der Waals surface area (Å²) in [6.07, 6.45) is 7.61. The second kappa shape index (κ2) is 6.92. The first-order chi connectivity index (χ1) is 14.5. The Morgan fingerprint density at radius 2 is 1.83 bits per heavy atom. The summed E-state index contributed by atoms with van der Waals surface area (Å²) in [5.41, 5.74) is 5.37. The summed E-state index contributed by atoms with van der Waals surface area (Å²) in [7, 11) is 1.72. The van der Waals surface area contributed by atoms with Gasteiger partial charge in [0.05, 0.1) is 18.5 Å². The highest BCUT2D eigenvalue weighted by molar-refractivity contribution is 5.64. The summed E-state index contributed by atoms with van der Waals surface area (Å²) in [6, 6.07) is 12.3. The fraction of sp³-hybridized carbons (Fsp3) is 0.292. The van der Waals surface area contributed by atoms with Crippen molar-refractivity contribution >= 4 is 5.65 Å². The number of hydrogen-bond acceptors (Lipinski definition) is 5. The molecule has 30 heavy (non-hydrogen) atoms. The molecular weight excluding hydrogens is 376 g/mol. The Balaban J connectivity index is 1.59. The summed E-state index contributed by atoms with van der Waals surface area (Å²) in [6.45, 7) is 3.36. The lowest BCUT2D eigenvalue weighted by Gasteiger charge is -2.16. The molecular formula is C24H24N4O2. The highest BCUT2D eigenvalue weighted by Crippen LogP contribution is 2.42. The van der Waals surface area contributed by atoms with E-state index in [4.69, 9.17) is 9.72 Å². The molecule has 0 saturated heterocycles. The molecule has 0 radical (unpaired) electrons. The lowest BCUT2D eigenvalue weighted by Crippen LogP contribution is -2.19. The van der Waals surface area contributed by atoms with E-state index in [0.29, 0.717) is 5.82 Å². The standard InChI is InChI=1S/C24H24N4O2/c1-24(2,29)23-25-12-16(13-26-23)15-8-11-21-27-19-10-9-18(22(19)28(21)14-15)17-6-4-5-7-20(17)30-3/h4-8,11-14,18,29H,9-10H2,1-3H3/t18-/m1/s1. The number of nitrogens with zero attached hydrogens (tertiary/aromatic N) is 4. The van der Waals surface area contributed by atoms with Gasteiger partial charge in [0, 0.05) is 41.2 Å². The van der Waals surface area contributed by atoms with Crippen molar-refractivity contribution in [3.05, 3.63) is 77.8 Å². The maximum absolute atomic E-state index is 10.1. The fourth-order valence-electron chi connectivity index (χ4n) is 4.30. The first kappa shape index (κ1) is 18.8. The molecule has 152 valence electrons. The van der Waals surface area contributed by atoms with Crippen molar-refractivity contribution in [3.63, 3.8) is 0 Å². The lowest BCUT2D eigenvalue weighted by molar-refractivity contribution is 0.0687. The average molecular weight is 400 g/mol. The number of aliphatic hydroxyl groups is 1. The quantitative estimate of drug-likeness (QED) is 0.558.